The van der Waals surface area contributed by atoms with Crippen LogP contribution in [0.3, 0.4) is 0 Å². The number of halogens is 1. The van der Waals surface area contributed by atoms with E-state index in [2.05, 4.69) is 10.1 Å². The van der Waals surface area contributed by atoms with Crippen molar-refractivity contribution in [3.63, 3.8) is 0 Å². The Balaban J connectivity index is 1.79. The Hall–Kier alpha value is -4.58. The van der Waals surface area contributed by atoms with Gasteiger partial charge in [0.2, 0.25) is 10.9 Å². The summed E-state index contributed by atoms with van der Waals surface area (Å²) in [7, 11) is 4.30. The number of hydrogen-bond donors (Lipinski definition) is 0. The molecular formula is C24H19FN4O6S. The molecule has 0 N–H and O–H groups in total. The highest BCUT2D eigenvalue weighted by Crippen LogP contribution is 2.39. The second-order valence-electron chi connectivity index (χ2n) is 7.23. The van der Waals surface area contributed by atoms with Crippen LogP contribution in [0.4, 0.5) is 15.2 Å². The SMILES string of the molecule is COc1cc(C(=O)N(/N=C/c2ccc([N+](=O)[O-])cc2)c2nc3ccc(F)cc3s2)cc(OC)c1OC. The number of carbonyl (C=O) groups is 1. The molecule has 0 saturated carbocycles. The van der Waals surface area contributed by atoms with Crippen molar-refractivity contribution < 1.29 is 28.3 Å². The van der Waals surface area contributed by atoms with Crippen LogP contribution < -0.4 is 19.2 Å². The number of ether oxygens (including phenoxy) is 3. The number of hydrazone groups is 1. The Bertz CT molecular complexity index is 1450. The fourth-order valence-corrected chi connectivity index (χ4v) is 4.25. The second kappa shape index (κ2) is 10.4. The van der Waals surface area contributed by atoms with Crippen molar-refractivity contribution in [3.05, 3.63) is 81.7 Å². The fourth-order valence-electron chi connectivity index (χ4n) is 3.30. The van der Waals surface area contributed by atoms with Gasteiger partial charge in [-0.15, -0.1) is 0 Å². The Morgan fingerprint density at radius 2 is 1.72 bits per heavy atom. The highest BCUT2D eigenvalue weighted by atomic mass is 32.1. The molecule has 0 radical (unpaired) electrons. The number of hydrogen-bond acceptors (Lipinski definition) is 9. The van der Waals surface area contributed by atoms with Crippen LogP contribution in [0.5, 0.6) is 17.2 Å². The highest BCUT2D eigenvalue weighted by molar-refractivity contribution is 7.22. The van der Waals surface area contributed by atoms with Crippen molar-refractivity contribution in [2.75, 3.05) is 26.3 Å². The van der Waals surface area contributed by atoms with Crippen molar-refractivity contribution in [2.45, 2.75) is 0 Å². The van der Waals surface area contributed by atoms with Crippen molar-refractivity contribution in [2.24, 2.45) is 5.10 Å². The zero-order chi connectivity index (χ0) is 25.8. The smallest absolute Gasteiger partial charge is 0.281 e. The minimum Gasteiger partial charge on any atom is -0.493 e. The summed E-state index contributed by atoms with van der Waals surface area (Å²) < 4.78 is 30.3. The second-order valence-corrected chi connectivity index (χ2v) is 8.24. The molecule has 36 heavy (non-hydrogen) atoms. The average Bonchev–Trinajstić information content (AvgIpc) is 3.30. The summed E-state index contributed by atoms with van der Waals surface area (Å²) in [4.78, 5) is 28.5. The summed E-state index contributed by atoms with van der Waals surface area (Å²) in [6.45, 7) is 0. The van der Waals surface area contributed by atoms with E-state index in [1.807, 2.05) is 0 Å². The molecule has 0 aliphatic carbocycles. The molecule has 1 aromatic heterocycles. The van der Waals surface area contributed by atoms with Gasteiger partial charge in [-0.05, 0) is 48.0 Å². The topological polar surface area (TPSA) is 116 Å². The Morgan fingerprint density at radius 1 is 1.06 bits per heavy atom. The molecule has 4 aromatic rings. The lowest BCUT2D eigenvalue weighted by atomic mass is 10.1. The molecule has 12 heteroatoms. The summed E-state index contributed by atoms with van der Waals surface area (Å²) in [5.41, 5.74) is 1.08. The molecule has 0 saturated heterocycles. The number of nitro groups is 1. The van der Waals surface area contributed by atoms with Crippen LogP contribution in [0, 0.1) is 15.9 Å². The largest absolute Gasteiger partial charge is 0.493 e. The highest BCUT2D eigenvalue weighted by Gasteiger charge is 2.25. The number of carbonyl (C=O) groups excluding carboxylic acids is 1. The summed E-state index contributed by atoms with van der Waals surface area (Å²) >= 11 is 1.08. The molecule has 0 spiro atoms. The predicted molar refractivity (Wildman–Crippen MR) is 133 cm³/mol. The molecule has 0 unspecified atom stereocenters. The first-order valence-electron chi connectivity index (χ1n) is 10.3. The van der Waals surface area contributed by atoms with Gasteiger partial charge in [-0.3, -0.25) is 14.9 Å². The molecule has 1 amide bonds. The van der Waals surface area contributed by atoms with Crippen LogP contribution in [-0.2, 0) is 0 Å². The first-order chi connectivity index (χ1) is 17.3. The number of nitrogens with zero attached hydrogens (tertiary/aromatic N) is 4. The number of anilines is 1. The van der Waals surface area contributed by atoms with Crippen LogP contribution >= 0.6 is 11.3 Å². The number of amides is 1. The average molecular weight is 511 g/mol. The summed E-state index contributed by atoms with van der Waals surface area (Å²) in [6.07, 6.45) is 1.37. The van der Waals surface area contributed by atoms with E-state index in [1.54, 1.807) is 0 Å². The van der Waals surface area contributed by atoms with Crippen molar-refractivity contribution in [1.29, 1.82) is 0 Å². The normalized spacial score (nSPS) is 11.0. The molecule has 0 aliphatic rings. The van der Waals surface area contributed by atoms with Gasteiger partial charge >= 0.3 is 0 Å². The number of rotatable bonds is 8. The molecule has 4 rings (SSSR count). The maximum atomic E-state index is 13.7. The molecule has 1 heterocycles. The van der Waals surface area contributed by atoms with Gasteiger partial charge in [0, 0.05) is 17.7 Å². The maximum Gasteiger partial charge on any atom is 0.281 e. The van der Waals surface area contributed by atoms with Crippen LogP contribution in [0.25, 0.3) is 10.2 Å². The molecule has 0 aliphatic heterocycles. The lowest BCUT2D eigenvalue weighted by Crippen LogP contribution is -2.25. The monoisotopic (exact) mass is 510 g/mol. The molecule has 0 fully saturated rings. The summed E-state index contributed by atoms with van der Waals surface area (Å²) in [5.74, 6) is -0.161. The number of non-ortho nitro benzene ring substituents is 1. The Morgan fingerprint density at radius 3 is 2.31 bits per heavy atom. The van der Waals surface area contributed by atoms with Gasteiger partial charge in [0.15, 0.2) is 11.5 Å². The Labute approximate surface area is 208 Å². The lowest BCUT2D eigenvalue weighted by Gasteiger charge is -2.17. The quantitative estimate of drug-likeness (QED) is 0.185. The minimum atomic E-state index is -0.577. The third kappa shape index (κ3) is 4.93. The number of thiazole rings is 1. The molecule has 3 aromatic carbocycles. The van der Waals surface area contributed by atoms with Crippen molar-refractivity contribution in [1.82, 2.24) is 4.98 Å². The van der Waals surface area contributed by atoms with Gasteiger partial charge in [0.1, 0.15) is 5.82 Å². The van der Waals surface area contributed by atoms with Gasteiger partial charge < -0.3 is 14.2 Å². The van der Waals surface area contributed by atoms with E-state index in [0.29, 0.717) is 21.5 Å². The number of nitro benzene ring substituents is 1. The van der Waals surface area contributed by atoms with Gasteiger partial charge in [-0.1, -0.05) is 11.3 Å². The first kappa shape index (κ1) is 24.5. The van der Waals surface area contributed by atoms with Crippen LogP contribution in [0.15, 0.2) is 59.7 Å². The number of aromatic nitrogens is 1. The van der Waals surface area contributed by atoms with Gasteiger partial charge in [-0.2, -0.15) is 10.1 Å². The third-order valence-electron chi connectivity index (χ3n) is 5.05. The van der Waals surface area contributed by atoms with Crippen molar-refractivity contribution >= 4 is 44.5 Å². The molecule has 184 valence electrons. The molecule has 0 bridgehead atoms. The van der Waals surface area contributed by atoms with E-state index in [1.165, 1.54) is 82.1 Å². The predicted octanol–water partition coefficient (Wildman–Crippen LogP) is 5.05. The van der Waals surface area contributed by atoms with Gasteiger partial charge in [0.05, 0.1) is 42.7 Å². The first-order valence-corrected chi connectivity index (χ1v) is 11.1. The third-order valence-corrected chi connectivity index (χ3v) is 6.04. The standard InChI is InChI=1S/C24H19FN4O6S/c1-33-19-10-15(11-20(34-2)22(19)35-3)23(30)28(24-27-18-9-6-16(25)12-21(18)36-24)26-13-14-4-7-17(8-5-14)29(31)32/h4-13H,1-3H3/b26-13+. The van der Waals surface area contributed by atoms with E-state index in [4.69, 9.17) is 14.2 Å². The molecule has 10 nitrogen and oxygen atoms in total. The minimum absolute atomic E-state index is 0.0781. The zero-order valence-corrected chi connectivity index (χ0v) is 20.1. The van der Waals surface area contributed by atoms with Crippen LogP contribution in [0.2, 0.25) is 0 Å². The van der Waals surface area contributed by atoms with E-state index < -0.39 is 16.6 Å². The molecule has 0 atom stereocenters. The zero-order valence-electron chi connectivity index (χ0n) is 19.3. The Kier molecular flexibility index (Phi) is 7.06. The lowest BCUT2D eigenvalue weighted by molar-refractivity contribution is -0.384. The van der Waals surface area contributed by atoms with Crippen molar-refractivity contribution in [3.8, 4) is 17.2 Å². The van der Waals surface area contributed by atoms with E-state index in [0.717, 1.165) is 16.3 Å². The van der Waals surface area contributed by atoms with E-state index >= 15 is 0 Å². The van der Waals surface area contributed by atoms with Gasteiger partial charge in [0.25, 0.3) is 11.6 Å². The number of fused-ring (bicyclic) bond motifs is 1. The van der Waals surface area contributed by atoms with Gasteiger partial charge in [-0.25, -0.2) is 9.37 Å². The van der Waals surface area contributed by atoms with Crippen LogP contribution in [0.1, 0.15) is 15.9 Å². The molecular weight excluding hydrogens is 491 g/mol. The maximum absolute atomic E-state index is 13.7. The number of methoxy groups -OCH3 is 3. The van der Waals surface area contributed by atoms with E-state index in [9.17, 15) is 19.3 Å². The number of benzene rings is 3. The summed E-state index contributed by atoms with van der Waals surface area (Å²) in [5, 5.41) is 16.5. The summed E-state index contributed by atoms with van der Waals surface area (Å²) in [6, 6.07) is 12.7. The van der Waals surface area contributed by atoms with Crippen LogP contribution in [-0.4, -0.2) is 43.4 Å². The fraction of sp³-hybridized carbons (Fsp3) is 0.125. The van der Waals surface area contributed by atoms with E-state index in [-0.39, 0.29) is 27.9 Å².